The largest absolute Gasteiger partial charge is 0.463 e. The highest BCUT2D eigenvalue weighted by atomic mass is 19.4. The van der Waals surface area contributed by atoms with Crippen molar-refractivity contribution in [1.82, 2.24) is 0 Å². The molecule has 10 heteroatoms. The number of halogens is 3. The number of benzene rings is 2. The Labute approximate surface area is 200 Å². The van der Waals surface area contributed by atoms with Crippen LogP contribution in [0, 0.1) is 11.3 Å². The maximum Gasteiger partial charge on any atom is 0.416 e. The summed E-state index contributed by atoms with van der Waals surface area (Å²) in [7, 11) is 0. The van der Waals surface area contributed by atoms with Crippen LogP contribution in [0.15, 0.2) is 65.1 Å². The van der Waals surface area contributed by atoms with Crippen molar-refractivity contribution in [1.29, 1.82) is 5.26 Å². The van der Waals surface area contributed by atoms with E-state index in [4.69, 9.17) is 21.5 Å². The van der Waals surface area contributed by atoms with Crippen LogP contribution in [0.1, 0.15) is 43.4 Å². The summed E-state index contributed by atoms with van der Waals surface area (Å²) < 4.78 is 45.7. The third-order valence-corrected chi connectivity index (χ3v) is 5.59. The molecular weight excluding hydrogens is 461 g/mol. The van der Waals surface area contributed by atoms with Crippen molar-refractivity contribution >= 4 is 23.1 Å². The molecule has 0 amide bonds. The minimum Gasteiger partial charge on any atom is -0.463 e. The molecule has 1 atom stereocenters. The standard InChI is InChI=1S/C25H23F3N4O3/c1-4-35-24(34)22-21(16-7-5-15(12-29)6-8-16)20(14(3)33)13(2)32(23(22)31)19-10-17(25(26,27)28)9-18(30)11-19/h5-11,21H,4,30-31H2,1-3H3. The molecular formula is C25H23F3N4O3. The first kappa shape index (κ1) is 25.4. The number of ketones is 1. The SMILES string of the molecule is CCOC(=O)C1=C(N)N(c2cc(N)cc(C(F)(F)F)c2)C(C)=C(C(C)=O)C1c1ccc(C#N)cc1. The number of carbonyl (C=O) groups is 2. The second kappa shape index (κ2) is 9.54. The normalized spacial score (nSPS) is 16.3. The van der Waals surface area contributed by atoms with Crippen LogP contribution in [0.4, 0.5) is 24.5 Å². The van der Waals surface area contributed by atoms with E-state index in [1.165, 1.54) is 36.9 Å². The molecule has 3 rings (SSSR count). The van der Waals surface area contributed by atoms with Crippen LogP contribution in [-0.4, -0.2) is 18.4 Å². The van der Waals surface area contributed by atoms with Gasteiger partial charge in [0, 0.05) is 22.6 Å². The number of rotatable bonds is 5. The van der Waals surface area contributed by atoms with Gasteiger partial charge in [-0.15, -0.1) is 0 Å². The maximum absolute atomic E-state index is 13.5. The van der Waals surface area contributed by atoms with Crippen molar-refractivity contribution in [2.24, 2.45) is 5.73 Å². The molecule has 1 aliphatic heterocycles. The quantitative estimate of drug-likeness (QED) is 0.478. The number of nitrogen functional groups attached to an aromatic ring is 1. The molecule has 0 radical (unpaired) electrons. The zero-order valence-corrected chi connectivity index (χ0v) is 19.2. The van der Waals surface area contributed by atoms with Gasteiger partial charge in [0.1, 0.15) is 5.82 Å². The van der Waals surface area contributed by atoms with Crippen molar-refractivity contribution < 1.29 is 27.5 Å². The van der Waals surface area contributed by atoms with E-state index < -0.39 is 29.4 Å². The number of nitrogens with zero attached hydrogens (tertiary/aromatic N) is 2. The van der Waals surface area contributed by atoms with Gasteiger partial charge in [-0.2, -0.15) is 18.4 Å². The van der Waals surface area contributed by atoms with Gasteiger partial charge in [-0.1, -0.05) is 12.1 Å². The first-order valence-electron chi connectivity index (χ1n) is 10.6. The number of alkyl halides is 3. The number of hydrogen-bond donors (Lipinski definition) is 2. The van der Waals surface area contributed by atoms with Gasteiger partial charge < -0.3 is 21.1 Å². The summed E-state index contributed by atoms with van der Waals surface area (Å²) >= 11 is 0. The lowest BCUT2D eigenvalue weighted by molar-refractivity contribution is -0.139. The molecule has 0 spiro atoms. The van der Waals surface area contributed by atoms with Gasteiger partial charge >= 0.3 is 12.1 Å². The van der Waals surface area contributed by atoms with Gasteiger partial charge in [0.2, 0.25) is 0 Å². The summed E-state index contributed by atoms with van der Waals surface area (Å²) in [6.45, 7) is 4.41. The lowest BCUT2D eigenvalue weighted by Gasteiger charge is -2.37. The average molecular weight is 484 g/mol. The van der Waals surface area contributed by atoms with Gasteiger partial charge in [-0.05, 0) is 56.7 Å². The van der Waals surface area contributed by atoms with Crippen LogP contribution in [0.5, 0.6) is 0 Å². The molecule has 2 aromatic carbocycles. The molecule has 0 saturated carbocycles. The highest BCUT2D eigenvalue weighted by molar-refractivity contribution is 6.03. The zero-order chi connectivity index (χ0) is 26.1. The van der Waals surface area contributed by atoms with Crippen LogP contribution >= 0.6 is 0 Å². The number of hydrogen-bond acceptors (Lipinski definition) is 7. The van der Waals surface area contributed by atoms with Crippen molar-refractivity contribution in [3.8, 4) is 6.07 Å². The summed E-state index contributed by atoms with van der Waals surface area (Å²) in [4.78, 5) is 27.1. The van der Waals surface area contributed by atoms with Gasteiger partial charge in [0.25, 0.3) is 0 Å². The Balaban J connectivity index is 2.34. The second-order valence-electron chi connectivity index (χ2n) is 7.89. The number of anilines is 2. The van der Waals surface area contributed by atoms with E-state index in [0.29, 0.717) is 11.1 Å². The highest BCUT2D eigenvalue weighted by Gasteiger charge is 2.40. The Kier molecular flexibility index (Phi) is 6.91. The highest BCUT2D eigenvalue weighted by Crippen LogP contribution is 2.44. The Morgan fingerprint density at radius 3 is 2.26 bits per heavy atom. The molecule has 2 aromatic rings. The van der Waals surface area contributed by atoms with E-state index >= 15 is 0 Å². The van der Waals surface area contributed by atoms with Crippen LogP contribution in [0.3, 0.4) is 0 Å². The van der Waals surface area contributed by atoms with Gasteiger partial charge in [-0.3, -0.25) is 4.79 Å². The summed E-state index contributed by atoms with van der Waals surface area (Å²) in [6, 6.07) is 11.1. The fourth-order valence-electron chi connectivity index (χ4n) is 4.16. The molecule has 0 aromatic heterocycles. The number of carbonyl (C=O) groups excluding carboxylic acids is 2. The maximum atomic E-state index is 13.5. The van der Waals surface area contributed by atoms with Gasteiger partial charge in [0.15, 0.2) is 5.78 Å². The van der Waals surface area contributed by atoms with Gasteiger partial charge in [0.05, 0.1) is 35.3 Å². The molecule has 0 saturated heterocycles. The molecule has 35 heavy (non-hydrogen) atoms. The van der Waals surface area contributed by atoms with Gasteiger partial charge in [-0.25, -0.2) is 4.79 Å². The molecule has 1 heterocycles. The van der Waals surface area contributed by atoms with E-state index in [2.05, 4.69) is 0 Å². The molecule has 0 fully saturated rings. The third-order valence-electron chi connectivity index (χ3n) is 5.59. The van der Waals surface area contributed by atoms with Crippen molar-refractivity contribution in [3.05, 3.63) is 81.8 Å². The van der Waals surface area contributed by atoms with E-state index in [1.807, 2.05) is 6.07 Å². The number of nitriles is 1. The number of ether oxygens (including phenoxy) is 1. The Hall–Kier alpha value is -4.26. The molecule has 4 N–H and O–H groups in total. The molecule has 1 unspecified atom stereocenters. The monoisotopic (exact) mass is 484 g/mol. The van der Waals surface area contributed by atoms with E-state index in [-0.39, 0.29) is 40.6 Å². The Morgan fingerprint density at radius 2 is 1.74 bits per heavy atom. The number of allylic oxidation sites excluding steroid dienone is 2. The van der Waals surface area contributed by atoms with E-state index in [0.717, 1.165) is 12.1 Å². The average Bonchev–Trinajstić information content (AvgIpc) is 2.77. The van der Waals surface area contributed by atoms with E-state index in [9.17, 15) is 22.8 Å². The van der Waals surface area contributed by atoms with Crippen LogP contribution in [0.2, 0.25) is 0 Å². The summed E-state index contributed by atoms with van der Waals surface area (Å²) in [5, 5.41) is 9.12. The first-order chi connectivity index (χ1) is 16.4. The number of esters is 1. The topological polar surface area (TPSA) is 122 Å². The lowest BCUT2D eigenvalue weighted by Crippen LogP contribution is -2.38. The molecule has 0 bridgehead atoms. The minimum absolute atomic E-state index is 0.00428. The van der Waals surface area contributed by atoms with E-state index in [1.54, 1.807) is 19.1 Å². The molecule has 182 valence electrons. The predicted octanol–water partition coefficient (Wildman–Crippen LogP) is 4.36. The predicted molar refractivity (Wildman–Crippen MR) is 123 cm³/mol. The lowest BCUT2D eigenvalue weighted by atomic mass is 9.79. The second-order valence-corrected chi connectivity index (χ2v) is 7.89. The summed E-state index contributed by atoms with van der Waals surface area (Å²) in [5.74, 6) is -2.40. The van der Waals surface area contributed by atoms with Crippen molar-refractivity contribution in [2.75, 3.05) is 17.2 Å². The van der Waals surface area contributed by atoms with Crippen molar-refractivity contribution in [3.63, 3.8) is 0 Å². The molecule has 1 aliphatic rings. The molecule has 7 nitrogen and oxygen atoms in total. The zero-order valence-electron chi connectivity index (χ0n) is 19.2. The number of nitrogens with two attached hydrogens (primary N) is 2. The third kappa shape index (κ3) is 4.84. The fraction of sp³-hybridized carbons (Fsp3) is 0.240. The Morgan fingerprint density at radius 1 is 1.11 bits per heavy atom. The summed E-state index contributed by atoms with van der Waals surface area (Å²) in [5.41, 5.74) is 12.0. The summed E-state index contributed by atoms with van der Waals surface area (Å²) in [6.07, 6.45) is -4.69. The number of Topliss-reactive ketones (excluding diaryl/α,β-unsaturated/α-hetero) is 1. The first-order valence-corrected chi connectivity index (χ1v) is 10.6. The smallest absolute Gasteiger partial charge is 0.416 e. The fourth-order valence-corrected chi connectivity index (χ4v) is 4.16. The van der Waals surface area contributed by atoms with Crippen LogP contribution in [-0.2, 0) is 20.5 Å². The Bertz CT molecular complexity index is 1290. The minimum atomic E-state index is -4.69. The van der Waals surface area contributed by atoms with Crippen LogP contribution < -0.4 is 16.4 Å². The van der Waals surface area contributed by atoms with Crippen molar-refractivity contribution in [2.45, 2.75) is 32.9 Å². The van der Waals surface area contributed by atoms with Crippen LogP contribution in [0.25, 0.3) is 0 Å². The molecule has 0 aliphatic carbocycles.